The summed E-state index contributed by atoms with van der Waals surface area (Å²) in [5.41, 5.74) is 8.70. The lowest BCUT2D eigenvalue weighted by atomic mass is 10.1. The molecule has 1 aromatic heterocycles. The summed E-state index contributed by atoms with van der Waals surface area (Å²) >= 11 is -1.52. The minimum atomic E-state index is -1.52. The van der Waals surface area contributed by atoms with Crippen molar-refractivity contribution in [3.05, 3.63) is 101 Å². The van der Waals surface area contributed by atoms with Gasteiger partial charge >= 0.3 is 5.97 Å². The van der Waals surface area contributed by atoms with Gasteiger partial charge in [-0.05, 0) is 48.7 Å². The summed E-state index contributed by atoms with van der Waals surface area (Å²) in [5, 5.41) is 9.96. The standard InChI is InChI=1S/C26H24N2O5S/c1-17-22-15-21(11-12-23(22)33-24(17)26(30)31)34(32)28(14-13-18-5-3-2-4-6-18)16-19-7-9-20(10-8-19)25(27)29/h2-12,15H,13-14,16H2,1H3,(H2,27,29)(H,30,31). The summed E-state index contributed by atoms with van der Waals surface area (Å²) < 4.78 is 20.9. The molecule has 0 bridgehead atoms. The van der Waals surface area contributed by atoms with Gasteiger partial charge in [0, 0.05) is 29.1 Å². The molecule has 4 aromatic rings. The summed E-state index contributed by atoms with van der Waals surface area (Å²) in [5.74, 6) is -1.76. The van der Waals surface area contributed by atoms with Gasteiger partial charge in [-0.15, -0.1) is 4.31 Å². The van der Waals surface area contributed by atoms with Crippen LogP contribution in [0.15, 0.2) is 82.1 Å². The summed E-state index contributed by atoms with van der Waals surface area (Å²) in [6.07, 6.45) is 0.697. The van der Waals surface area contributed by atoms with Crippen LogP contribution in [0.1, 0.15) is 37.6 Å². The molecule has 0 saturated carbocycles. The number of carbonyl (C=O) groups excluding carboxylic acids is 1. The second-order valence-corrected chi connectivity index (χ2v) is 9.41. The van der Waals surface area contributed by atoms with Crippen molar-refractivity contribution >= 4 is 34.2 Å². The quantitative estimate of drug-likeness (QED) is 0.348. The van der Waals surface area contributed by atoms with Crippen LogP contribution < -0.4 is 5.73 Å². The van der Waals surface area contributed by atoms with Crippen LogP contribution in [0.2, 0.25) is 0 Å². The molecule has 1 heterocycles. The number of carboxylic acid groups (broad SMARTS) is 1. The zero-order valence-electron chi connectivity index (χ0n) is 18.6. The molecule has 7 nitrogen and oxygen atoms in total. The fourth-order valence-electron chi connectivity index (χ4n) is 3.76. The highest BCUT2D eigenvalue weighted by molar-refractivity contribution is 7.89. The number of fused-ring (bicyclic) bond motifs is 1. The lowest BCUT2D eigenvalue weighted by molar-refractivity contribution is 0.0663. The number of hydrogen-bond acceptors (Lipinski definition) is 5. The maximum absolute atomic E-state index is 13.7. The van der Waals surface area contributed by atoms with E-state index in [1.54, 1.807) is 49.4 Å². The summed E-state index contributed by atoms with van der Waals surface area (Å²) in [7, 11) is 0. The Morgan fingerprint density at radius 1 is 1.03 bits per heavy atom. The summed E-state index contributed by atoms with van der Waals surface area (Å²) in [6, 6.07) is 21.9. The van der Waals surface area contributed by atoms with Gasteiger partial charge < -0.3 is 19.8 Å². The molecule has 3 N–H and O–H groups in total. The second kappa shape index (κ2) is 10.1. The number of primary amides is 1. The van der Waals surface area contributed by atoms with Crippen molar-refractivity contribution in [3.63, 3.8) is 0 Å². The molecule has 0 aliphatic heterocycles. The molecule has 0 saturated heterocycles. The first kappa shape index (κ1) is 23.6. The van der Waals surface area contributed by atoms with E-state index in [0.717, 1.165) is 11.1 Å². The average Bonchev–Trinajstić information content (AvgIpc) is 3.18. The third-order valence-electron chi connectivity index (χ3n) is 5.63. The molecular weight excluding hydrogens is 452 g/mol. The zero-order chi connectivity index (χ0) is 24.2. The number of nitrogens with zero attached hydrogens (tertiary/aromatic N) is 1. The molecular formula is C26H24N2O5S. The van der Waals surface area contributed by atoms with Crippen molar-refractivity contribution in [2.24, 2.45) is 5.73 Å². The highest BCUT2D eigenvalue weighted by atomic mass is 32.2. The van der Waals surface area contributed by atoms with Gasteiger partial charge in [-0.1, -0.05) is 42.5 Å². The van der Waals surface area contributed by atoms with Crippen molar-refractivity contribution in [2.75, 3.05) is 6.54 Å². The molecule has 34 heavy (non-hydrogen) atoms. The van der Waals surface area contributed by atoms with Crippen molar-refractivity contribution < 1.29 is 23.7 Å². The molecule has 1 unspecified atom stereocenters. The van der Waals surface area contributed by atoms with Gasteiger partial charge in [-0.3, -0.25) is 4.79 Å². The summed E-state index contributed by atoms with van der Waals surface area (Å²) in [4.78, 5) is 23.4. The van der Waals surface area contributed by atoms with Crippen LogP contribution in [0.3, 0.4) is 0 Å². The molecule has 0 aliphatic rings. The van der Waals surface area contributed by atoms with E-state index in [0.29, 0.717) is 46.5 Å². The maximum atomic E-state index is 13.7. The number of amides is 1. The molecule has 1 atom stereocenters. The molecule has 8 heteroatoms. The molecule has 0 aliphatic carbocycles. The monoisotopic (exact) mass is 476 g/mol. The van der Waals surface area contributed by atoms with Crippen LogP contribution in [-0.2, 0) is 24.3 Å². The van der Waals surface area contributed by atoms with Gasteiger partial charge in [0.15, 0.2) is 4.90 Å². The molecule has 4 rings (SSSR count). The second-order valence-electron chi connectivity index (χ2n) is 7.93. The number of benzene rings is 3. The smallest absolute Gasteiger partial charge is 0.372 e. The average molecular weight is 477 g/mol. The van der Waals surface area contributed by atoms with Gasteiger partial charge in [-0.2, -0.15) is 0 Å². The zero-order valence-corrected chi connectivity index (χ0v) is 19.4. The maximum Gasteiger partial charge on any atom is 0.372 e. The Bertz CT molecular complexity index is 1320. The molecule has 174 valence electrons. The van der Waals surface area contributed by atoms with E-state index in [9.17, 15) is 19.2 Å². The molecule has 0 spiro atoms. The molecule has 0 fully saturated rings. The number of furan rings is 1. The van der Waals surface area contributed by atoms with Gasteiger partial charge in [0.25, 0.3) is 0 Å². The number of aryl methyl sites for hydroxylation is 1. The number of carboxylic acids is 1. The molecule has 0 radical (unpaired) electrons. The van der Waals surface area contributed by atoms with Gasteiger partial charge in [0.05, 0.1) is 17.9 Å². The third-order valence-corrected chi connectivity index (χ3v) is 7.07. The highest BCUT2D eigenvalue weighted by Crippen LogP contribution is 2.29. The predicted octanol–water partition coefficient (Wildman–Crippen LogP) is 4.31. The normalized spacial score (nSPS) is 12.2. The van der Waals surface area contributed by atoms with E-state index in [-0.39, 0.29) is 5.76 Å². The van der Waals surface area contributed by atoms with Crippen LogP contribution in [-0.4, -0.2) is 32.4 Å². The topological polar surface area (TPSA) is 120 Å². The lowest BCUT2D eigenvalue weighted by Crippen LogP contribution is -2.32. The summed E-state index contributed by atoms with van der Waals surface area (Å²) in [6.45, 7) is 2.59. The molecule has 3 aromatic carbocycles. The Balaban J connectivity index is 1.63. The lowest BCUT2D eigenvalue weighted by Gasteiger charge is -2.24. The molecule has 1 amide bonds. The number of hydrogen-bond donors (Lipinski definition) is 2. The van der Waals surface area contributed by atoms with E-state index < -0.39 is 23.2 Å². The van der Waals surface area contributed by atoms with Gasteiger partial charge in [0.2, 0.25) is 11.7 Å². The Morgan fingerprint density at radius 3 is 2.38 bits per heavy atom. The van der Waals surface area contributed by atoms with Gasteiger partial charge in [-0.25, -0.2) is 4.79 Å². The first-order chi connectivity index (χ1) is 16.3. The SMILES string of the molecule is Cc1c(C(=O)O)oc2ccc([S+]([O-])N(CCc3ccccc3)Cc3ccc(C(N)=O)cc3)cc12. The van der Waals surface area contributed by atoms with E-state index in [2.05, 4.69) is 0 Å². The van der Waals surface area contributed by atoms with Crippen LogP contribution in [0, 0.1) is 6.92 Å². The Morgan fingerprint density at radius 2 is 1.74 bits per heavy atom. The largest absolute Gasteiger partial charge is 0.593 e. The number of nitrogens with two attached hydrogens (primary N) is 1. The van der Waals surface area contributed by atoms with Crippen LogP contribution in [0.25, 0.3) is 11.0 Å². The number of rotatable bonds is 9. The first-order valence-corrected chi connectivity index (χ1v) is 11.8. The first-order valence-electron chi connectivity index (χ1n) is 10.7. The fraction of sp³-hybridized carbons (Fsp3) is 0.154. The minimum Gasteiger partial charge on any atom is -0.593 e. The van der Waals surface area contributed by atoms with E-state index >= 15 is 0 Å². The van der Waals surface area contributed by atoms with Crippen molar-refractivity contribution in [1.82, 2.24) is 4.31 Å². The van der Waals surface area contributed by atoms with E-state index in [1.165, 1.54) is 0 Å². The van der Waals surface area contributed by atoms with Crippen LogP contribution in [0.4, 0.5) is 0 Å². The predicted molar refractivity (Wildman–Crippen MR) is 130 cm³/mol. The number of aromatic carboxylic acids is 1. The fourth-order valence-corrected chi connectivity index (χ4v) is 4.98. The Labute approximate surface area is 200 Å². The van der Waals surface area contributed by atoms with E-state index in [1.807, 2.05) is 34.6 Å². The highest BCUT2D eigenvalue weighted by Gasteiger charge is 2.25. The minimum absolute atomic E-state index is 0.117. The Kier molecular flexibility index (Phi) is 7.02. The van der Waals surface area contributed by atoms with E-state index in [4.69, 9.17) is 10.2 Å². The number of carbonyl (C=O) groups is 2. The van der Waals surface area contributed by atoms with Gasteiger partial charge in [0.1, 0.15) is 5.58 Å². The van der Waals surface area contributed by atoms with Crippen molar-refractivity contribution in [1.29, 1.82) is 0 Å². The van der Waals surface area contributed by atoms with Crippen LogP contribution >= 0.6 is 0 Å². The Hall–Kier alpha value is -3.59. The third kappa shape index (κ3) is 5.14. The van der Waals surface area contributed by atoms with Crippen molar-refractivity contribution in [3.8, 4) is 0 Å². The van der Waals surface area contributed by atoms with Crippen LogP contribution in [0.5, 0.6) is 0 Å². The van der Waals surface area contributed by atoms with Crippen molar-refractivity contribution in [2.45, 2.75) is 24.8 Å².